The monoisotopic (exact) mass is 484 g/mol. The molecule has 1 amide bonds. The Labute approximate surface area is 168 Å². The summed E-state index contributed by atoms with van der Waals surface area (Å²) < 4.78 is 55.0. The van der Waals surface area contributed by atoms with Crippen molar-refractivity contribution in [2.24, 2.45) is 7.05 Å². The van der Waals surface area contributed by atoms with E-state index in [0.29, 0.717) is 17.2 Å². The molecule has 2 N–H and O–H groups in total. The molecule has 0 fully saturated rings. The Morgan fingerprint density at radius 3 is 2.63 bits per heavy atom. The highest BCUT2D eigenvalue weighted by Crippen LogP contribution is 2.29. The third-order valence-electron chi connectivity index (χ3n) is 3.67. The molecule has 0 radical (unpaired) electrons. The Bertz CT molecular complexity index is 976. The number of halogens is 4. The molecule has 2 rings (SSSR count). The number of carbonyl (C=O) groups is 1. The van der Waals surface area contributed by atoms with Gasteiger partial charge in [-0.15, -0.1) is 0 Å². The molecule has 0 aromatic carbocycles. The van der Waals surface area contributed by atoms with Crippen LogP contribution in [0.3, 0.4) is 0 Å². The van der Waals surface area contributed by atoms with Crippen molar-refractivity contribution < 1.29 is 22.0 Å². The smallest absolute Gasteiger partial charge is 0.273 e. The molecular formula is C15H16BrClF2N4O3S. The summed E-state index contributed by atoms with van der Waals surface area (Å²) in [6.07, 6.45) is 2.54. The minimum atomic E-state index is -4.37. The van der Waals surface area contributed by atoms with Gasteiger partial charge in [-0.2, -0.15) is 0 Å². The topological polar surface area (TPSA) is 93.1 Å². The van der Waals surface area contributed by atoms with Crippen LogP contribution in [0.15, 0.2) is 34.0 Å². The van der Waals surface area contributed by atoms with Gasteiger partial charge in [0.15, 0.2) is 0 Å². The lowest BCUT2D eigenvalue weighted by Gasteiger charge is -2.20. The molecule has 1 atom stereocenters. The quantitative estimate of drug-likeness (QED) is 0.613. The van der Waals surface area contributed by atoms with E-state index in [4.69, 9.17) is 11.6 Å². The van der Waals surface area contributed by atoms with Gasteiger partial charge in [0.1, 0.15) is 15.2 Å². The van der Waals surface area contributed by atoms with Crippen LogP contribution in [0.1, 0.15) is 24.3 Å². The third kappa shape index (κ3) is 5.03. The number of anilines is 1. The van der Waals surface area contributed by atoms with Gasteiger partial charge in [0.25, 0.3) is 11.8 Å². The molecule has 7 nitrogen and oxygen atoms in total. The Hall–Kier alpha value is -1.56. The van der Waals surface area contributed by atoms with Crippen molar-refractivity contribution in [3.05, 3.63) is 39.8 Å². The molecule has 148 valence electrons. The van der Waals surface area contributed by atoms with E-state index in [0.717, 1.165) is 13.1 Å². The molecule has 2 aromatic heterocycles. The summed E-state index contributed by atoms with van der Waals surface area (Å²) in [7, 11) is -2.95. The van der Waals surface area contributed by atoms with Gasteiger partial charge in [-0.3, -0.25) is 4.79 Å². The first-order chi connectivity index (χ1) is 12.3. The summed E-state index contributed by atoms with van der Waals surface area (Å²) in [6, 6.07) is 1.41. The maximum atomic E-state index is 13.3. The molecule has 0 bridgehead atoms. The lowest BCUT2D eigenvalue weighted by atomic mass is 10.2. The van der Waals surface area contributed by atoms with Gasteiger partial charge < -0.3 is 9.88 Å². The van der Waals surface area contributed by atoms with Crippen molar-refractivity contribution in [2.75, 3.05) is 5.32 Å². The number of nitrogens with zero attached hydrogens (tertiary/aromatic N) is 2. The molecule has 0 aliphatic carbocycles. The van der Waals surface area contributed by atoms with E-state index >= 15 is 0 Å². The van der Waals surface area contributed by atoms with Gasteiger partial charge in [-0.25, -0.2) is 26.9 Å². The second-order valence-corrected chi connectivity index (χ2v) is 8.76. The Kier molecular flexibility index (Phi) is 6.30. The van der Waals surface area contributed by atoms with E-state index in [1.807, 2.05) is 4.72 Å². The van der Waals surface area contributed by atoms with Gasteiger partial charge in [0.05, 0.1) is 11.1 Å². The van der Waals surface area contributed by atoms with E-state index in [9.17, 15) is 22.0 Å². The Balaban J connectivity index is 2.34. The van der Waals surface area contributed by atoms with E-state index in [2.05, 4.69) is 26.2 Å². The standard InChI is InChI=1S/C15H16BrClF2N4O3S/c1-8(15(2,18)19)22-27(25,26)10-7-23(3)13(12(10)17)14(24)21-9-4-5-20-11(16)6-9/h4-8,22H,1-3H3,(H,20,21,24)/t8-/m1/s1. The van der Waals surface area contributed by atoms with Gasteiger partial charge in [0.2, 0.25) is 10.0 Å². The van der Waals surface area contributed by atoms with Crippen molar-refractivity contribution in [1.82, 2.24) is 14.3 Å². The van der Waals surface area contributed by atoms with Crippen molar-refractivity contribution in [3.63, 3.8) is 0 Å². The van der Waals surface area contributed by atoms with E-state index in [-0.39, 0.29) is 10.7 Å². The first-order valence-electron chi connectivity index (χ1n) is 7.51. The van der Waals surface area contributed by atoms with Crippen LogP contribution in [-0.4, -0.2) is 35.8 Å². The molecule has 0 spiro atoms. The second-order valence-electron chi connectivity index (χ2n) is 5.89. The number of hydrogen-bond donors (Lipinski definition) is 2. The van der Waals surface area contributed by atoms with Crippen molar-refractivity contribution in [2.45, 2.75) is 30.7 Å². The molecule has 0 saturated carbocycles. The van der Waals surface area contributed by atoms with Crippen LogP contribution in [0.2, 0.25) is 5.02 Å². The second kappa shape index (κ2) is 7.82. The molecule has 0 aliphatic rings. The van der Waals surface area contributed by atoms with Crippen molar-refractivity contribution in [1.29, 1.82) is 0 Å². The first kappa shape index (κ1) is 21.7. The maximum Gasteiger partial charge on any atom is 0.273 e. The van der Waals surface area contributed by atoms with Crippen LogP contribution >= 0.6 is 27.5 Å². The summed E-state index contributed by atoms with van der Waals surface area (Å²) >= 11 is 9.26. The van der Waals surface area contributed by atoms with Gasteiger partial charge >= 0.3 is 0 Å². The largest absolute Gasteiger partial charge is 0.344 e. The number of hydrogen-bond acceptors (Lipinski definition) is 4. The molecule has 2 heterocycles. The number of nitrogens with one attached hydrogen (secondary N) is 2. The number of pyridine rings is 1. The highest BCUT2D eigenvalue weighted by Gasteiger charge is 2.36. The zero-order valence-corrected chi connectivity index (χ0v) is 17.6. The van der Waals surface area contributed by atoms with E-state index in [1.165, 1.54) is 23.9 Å². The third-order valence-corrected chi connectivity index (χ3v) is 6.15. The van der Waals surface area contributed by atoms with Crippen LogP contribution < -0.4 is 10.0 Å². The number of rotatable bonds is 6. The zero-order chi connectivity index (χ0) is 20.6. The summed E-state index contributed by atoms with van der Waals surface area (Å²) in [5.74, 6) is -3.94. The molecule has 0 aliphatic heterocycles. The highest BCUT2D eigenvalue weighted by molar-refractivity contribution is 9.10. The predicted molar refractivity (Wildman–Crippen MR) is 101 cm³/mol. The van der Waals surface area contributed by atoms with Crippen LogP contribution in [0.4, 0.5) is 14.5 Å². The number of alkyl halides is 2. The Morgan fingerprint density at radius 2 is 2.07 bits per heavy atom. The summed E-state index contributed by atoms with van der Waals surface area (Å²) in [6.45, 7) is 1.63. The molecular weight excluding hydrogens is 470 g/mol. The van der Waals surface area contributed by atoms with Crippen molar-refractivity contribution >= 4 is 49.1 Å². The van der Waals surface area contributed by atoms with E-state index in [1.54, 1.807) is 6.07 Å². The molecule has 0 unspecified atom stereocenters. The summed E-state index contributed by atoms with van der Waals surface area (Å²) in [5.41, 5.74) is 0.266. The predicted octanol–water partition coefficient (Wildman–Crippen LogP) is 3.41. The zero-order valence-electron chi connectivity index (χ0n) is 14.4. The normalized spacial score (nSPS) is 13.4. The van der Waals surface area contributed by atoms with Crippen molar-refractivity contribution in [3.8, 4) is 0 Å². The fourth-order valence-electron chi connectivity index (χ4n) is 2.09. The average molecular weight is 486 g/mol. The minimum absolute atomic E-state index is 0.138. The SMILES string of the molecule is C[C@@H](NS(=O)(=O)c1cn(C)c(C(=O)Nc2ccnc(Br)c2)c1Cl)C(C)(F)F. The maximum absolute atomic E-state index is 13.3. The minimum Gasteiger partial charge on any atom is -0.344 e. The van der Waals surface area contributed by atoms with Crippen LogP contribution in [0, 0.1) is 0 Å². The number of carbonyl (C=O) groups excluding carboxylic acids is 1. The fraction of sp³-hybridized carbons (Fsp3) is 0.333. The van der Waals surface area contributed by atoms with Gasteiger partial charge in [0, 0.05) is 32.1 Å². The highest BCUT2D eigenvalue weighted by atomic mass is 79.9. The average Bonchev–Trinajstić information content (AvgIpc) is 2.81. The van der Waals surface area contributed by atoms with Crippen LogP contribution in [-0.2, 0) is 17.1 Å². The molecule has 0 saturated heterocycles. The fourth-order valence-corrected chi connectivity index (χ4v) is 4.45. The summed E-state index contributed by atoms with van der Waals surface area (Å²) in [5, 5.41) is 2.19. The van der Waals surface area contributed by atoms with E-state index < -0.39 is 32.8 Å². The van der Waals surface area contributed by atoms with Gasteiger partial charge in [-0.1, -0.05) is 11.6 Å². The number of amides is 1. The Morgan fingerprint density at radius 1 is 1.44 bits per heavy atom. The first-order valence-corrected chi connectivity index (χ1v) is 10.2. The van der Waals surface area contributed by atoms with Gasteiger partial charge in [-0.05, 0) is 35.0 Å². The number of aromatic nitrogens is 2. The molecule has 12 heteroatoms. The van der Waals surface area contributed by atoms with Crippen LogP contribution in [0.25, 0.3) is 0 Å². The number of aryl methyl sites for hydroxylation is 1. The lowest BCUT2D eigenvalue weighted by molar-refractivity contribution is -0.00488. The number of sulfonamides is 1. The lowest BCUT2D eigenvalue weighted by Crippen LogP contribution is -2.43. The van der Waals surface area contributed by atoms with Crippen LogP contribution in [0.5, 0.6) is 0 Å². The molecule has 27 heavy (non-hydrogen) atoms. The molecule has 2 aromatic rings. The summed E-state index contributed by atoms with van der Waals surface area (Å²) in [4.78, 5) is 16.0.